The number of hydrogen-bond acceptors (Lipinski definition) is 3. The second-order valence-electron chi connectivity index (χ2n) is 6.28. The molecule has 112 valence electrons. The second-order valence-corrected chi connectivity index (χ2v) is 7.53. The van der Waals surface area contributed by atoms with E-state index >= 15 is 0 Å². The standard InChI is InChI=1S/C17H27NOS/c1-4-14-9-10-15(20-14)13-16(19)17(2,3)18-11-7-5-6-8-12-18/h9-10H,4-8,11-13H2,1-3H3. The highest BCUT2D eigenvalue weighted by Gasteiger charge is 2.34. The minimum absolute atomic E-state index is 0.319. The highest BCUT2D eigenvalue weighted by molar-refractivity contribution is 7.12. The Bertz CT molecular complexity index is 442. The molecule has 0 bridgehead atoms. The molecule has 2 rings (SSSR count). The lowest BCUT2D eigenvalue weighted by Gasteiger charge is -2.36. The van der Waals surface area contributed by atoms with Crippen molar-refractivity contribution in [1.82, 2.24) is 4.90 Å². The normalized spacial score (nSPS) is 17.9. The number of aryl methyl sites for hydroxylation is 1. The molecule has 20 heavy (non-hydrogen) atoms. The lowest BCUT2D eigenvalue weighted by molar-refractivity contribution is -0.128. The molecule has 1 aliphatic heterocycles. The zero-order chi connectivity index (χ0) is 14.6. The Morgan fingerprint density at radius 3 is 2.30 bits per heavy atom. The summed E-state index contributed by atoms with van der Waals surface area (Å²) in [5.41, 5.74) is -0.319. The van der Waals surface area contributed by atoms with Gasteiger partial charge in [0.2, 0.25) is 0 Å². The van der Waals surface area contributed by atoms with E-state index in [1.54, 1.807) is 11.3 Å². The van der Waals surface area contributed by atoms with E-state index < -0.39 is 0 Å². The fraction of sp³-hybridized carbons (Fsp3) is 0.706. The molecule has 1 aromatic heterocycles. The van der Waals surface area contributed by atoms with E-state index in [4.69, 9.17) is 0 Å². The largest absolute Gasteiger partial charge is 0.297 e. The zero-order valence-electron chi connectivity index (χ0n) is 13.1. The molecule has 0 amide bonds. The first-order chi connectivity index (χ1) is 9.54. The minimum atomic E-state index is -0.319. The van der Waals surface area contributed by atoms with Gasteiger partial charge in [0.25, 0.3) is 0 Å². The van der Waals surface area contributed by atoms with Gasteiger partial charge in [-0.25, -0.2) is 0 Å². The van der Waals surface area contributed by atoms with E-state index in [9.17, 15) is 4.79 Å². The van der Waals surface area contributed by atoms with Crippen LogP contribution in [0.15, 0.2) is 12.1 Å². The van der Waals surface area contributed by atoms with Crippen LogP contribution in [0.25, 0.3) is 0 Å². The Balaban J connectivity index is 2.01. The Hall–Kier alpha value is -0.670. The molecule has 1 saturated heterocycles. The number of nitrogens with zero attached hydrogens (tertiary/aromatic N) is 1. The fourth-order valence-electron chi connectivity index (χ4n) is 2.89. The first-order valence-electron chi connectivity index (χ1n) is 7.90. The number of thiophene rings is 1. The SMILES string of the molecule is CCc1ccc(CC(=O)C(C)(C)N2CCCCCC2)s1. The maximum Gasteiger partial charge on any atom is 0.157 e. The number of rotatable bonds is 5. The van der Waals surface area contributed by atoms with Crippen molar-refractivity contribution in [3.05, 3.63) is 21.9 Å². The number of likely N-dealkylation sites (tertiary alicyclic amines) is 1. The highest BCUT2D eigenvalue weighted by Crippen LogP contribution is 2.25. The summed E-state index contributed by atoms with van der Waals surface area (Å²) >= 11 is 1.79. The molecule has 1 aliphatic rings. The van der Waals surface area contributed by atoms with Gasteiger partial charge in [-0.05, 0) is 58.3 Å². The van der Waals surface area contributed by atoms with Gasteiger partial charge in [0, 0.05) is 16.2 Å². The van der Waals surface area contributed by atoms with Gasteiger partial charge in [0.05, 0.1) is 5.54 Å². The van der Waals surface area contributed by atoms with E-state index in [-0.39, 0.29) is 5.54 Å². The number of hydrogen-bond donors (Lipinski definition) is 0. The van der Waals surface area contributed by atoms with Crippen LogP contribution < -0.4 is 0 Å². The van der Waals surface area contributed by atoms with E-state index in [1.807, 2.05) is 0 Å². The maximum absolute atomic E-state index is 12.7. The van der Waals surface area contributed by atoms with Gasteiger partial charge in [-0.15, -0.1) is 11.3 Å². The van der Waals surface area contributed by atoms with Crippen molar-refractivity contribution in [3.63, 3.8) is 0 Å². The lowest BCUT2D eigenvalue weighted by atomic mass is 9.93. The first-order valence-corrected chi connectivity index (χ1v) is 8.71. The van der Waals surface area contributed by atoms with Crippen molar-refractivity contribution in [2.45, 2.75) is 64.8 Å². The van der Waals surface area contributed by atoms with E-state index in [0.717, 1.165) is 19.5 Å². The van der Waals surface area contributed by atoms with Crippen LogP contribution in [0.1, 0.15) is 56.2 Å². The molecule has 0 aromatic carbocycles. The molecule has 2 heterocycles. The maximum atomic E-state index is 12.7. The Morgan fingerprint density at radius 2 is 1.75 bits per heavy atom. The quantitative estimate of drug-likeness (QED) is 0.815. The molecule has 1 aromatic rings. The summed E-state index contributed by atoms with van der Waals surface area (Å²) in [5.74, 6) is 0.365. The molecule has 3 heteroatoms. The molecule has 0 aliphatic carbocycles. The summed E-state index contributed by atoms with van der Waals surface area (Å²) < 4.78 is 0. The van der Waals surface area contributed by atoms with Crippen LogP contribution in [0.5, 0.6) is 0 Å². The summed E-state index contributed by atoms with van der Waals surface area (Å²) in [6.45, 7) is 8.52. The van der Waals surface area contributed by atoms with Gasteiger partial charge in [-0.2, -0.15) is 0 Å². The van der Waals surface area contributed by atoms with Gasteiger partial charge in [-0.1, -0.05) is 19.8 Å². The van der Waals surface area contributed by atoms with E-state index in [1.165, 1.54) is 35.4 Å². The van der Waals surface area contributed by atoms with Gasteiger partial charge < -0.3 is 0 Å². The monoisotopic (exact) mass is 293 g/mol. The minimum Gasteiger partial charge on any atom is -0.297 e. The van der Waals surface area contributed by atoms with Gasteiger partial charge in [0.1, 0.15) is 0 Å². The summed E-state index contributed by atoms with van der Waals surface area (Å²) in [4.78, 5) is 17.7. The van der Waals surface area contributed by atoms with Crippen molar-refractivity contribution in [2.24, 2.45) is 0 Å². The summed E-state index contributed by atoms with van der Waals surface area (Å²) in [6.07, 6.45) is 6.74. The number of Topliss-reactive ketones (excluding diaryl/α,β-unsaturated/α-hetero) is 1. The molecular weight excluding hydrogens is 266 g/mol. The van der Waals surface area contributed by atoms with Gasteiger partial charge >= 0.3 is 0 Å². The number of carbonyl (C=O) groups excluding carboxylic acids is 1. The molecule has 0 unspecified atom stereocenters. The van der Waals surface area contributed by atoms with Crippen LogP contribution in [-0.2, 0) is 17.6 Å². The highest BCUT2D eigenvalue weighted by atomic mass is 32.1. The Labute approximate surface area is 127 Å². The van der Waals surface area contributed by atoms with Gasteiger partial charge in [0.15, 0.2) is 5.78 Å². The fourth-order valence-corrected chi connectivity index (χ4v) is 3.84. The predicted octanol–water partition coefficient (Wildman–Crippen LogP) is 4.08. The van der Waals surface area contributed by atoms with Crippen LogP contribution in [0, 0.1) is 0 Å². The Kier molecular flexibility index (Phi) is 5.39. The molecule has 1 fully saturated rings. The predicted molar refractivity (Wildman–Crippen MR) is 86.5 cm³/mol. The van der Waals surface area contributed by atoms with Crippen LogP contribution in [0.3, 0.4) is 0 Å². The van der Waals surface area contributed by atoms with Crippen LogP contribution in [0.4, 0.5) is 0 Å². The van der Waals surface area contributed by atoms with Crippen LogP contribution in [0.2, 0.25) is 0 Å². The van der Waals surface area contributed by atoms with E-state index in [2.05, 4.69) is 37.8 Å². The third-order valence-electron chi connectivity index (χ3n) is 4.48. The molecule has 0 N–H and O–H groups in total. The molecule has 0 saturated carbocycles. The average molecular weight is 293 g/mol. The van der Waals surface area contributed by atoms with Crippen LogP contribution >= 0.6 is 11.3 Å². The summed E-state index contributed by atoms with van der Waals surface area (Å²) in [5, 5.41) is 0. The molecular formula is C17H27NOS. The lowest BCUT2D eigenvalue weighted by Crippen LogP contribution is -2.51. The van der Waals surface area contributed by atoms with Crippen molar-refractivity contribution in [1.29, 1.82) is 0 Å². The molecule has 0 atom stereocenters. The van der Waals surface area contributed by atoms with Gasteiger partial charge in [-0.3, -0.25) is 9.69 Å². The topological polar surface area (TPSA) is 20.3 Å². The van der Waals surface area contributed by atoms with E-state index in [0.29, 0.717) is 12.2 Å². The van der Waals surface area contributed by atoms with Crippen molar-refractivity contribution < 1.29 is 4.79 Å². The molecule has 0 radical (unpaired) electrons. The first kappa shape index (κ1) is 15.7. The second kappa shape index (κ2) is 6.86. The van der Waals surface area contributed by atoms with Crippen LogP contribution in [-0.4, -0.2) is 29.3 Å². The number of carbonyl (C=O) groups is 1. The van der Waals surface area contributed by atoms with Crippen molar-refractivity contribution in [2.75, 3.05) is 13.1 Å². The van der Waals surface area contributed by atoms with Crippen molar-refractivity contribution in [3.8, 4) is 0 Å². The third-order valence-corrected chi connectivity index (χ3v) is 5.71. The smallest absolute Gasteiger partial charge is 0.157 e. The zero-order valence-corrected chi connectivity index (χ0v) is 13.9. The average Bonchev–Trinajstić information content (AvgIpc) is 2.70. The Morgan fingerprint density at radius 1 is 1.15 bits per heavy atom. The summed E-state index contributed by atoms with van der Waals surface area (Å²) in [7, 11) is 0. The number of ketones is 1. The third kappa shape index (κ3) is 3.70. The van der Waals surface area contributed by atoms with Crippen molar-refractivity contribution >= 4 is 17.1 Å². The summed E-state index contributed by atoms with van der Waals surface area (Å²) in [6, 6.07) is 4.28. The molecule has 0 spiro atoms. The molecule has 2 nitrogen and oxygen atoms in total.